The van der Waals surface area contributed by atoms with Crippen LogP contribution in [-0.4, -0.2) is 15.5 Å². The van der Waals surface area contributed by atoms with Crippen molar-refractivity contribution in [2.24, 2.45) is 0 Å². The van der Waals surface area contributed by atoms with Crippen molar-refractivity contribution in [2.45, 2.75) is 27.3 Å². The minimum Gasteiger partial charge on any atom is -0.326 e. The Morgan fingerprint density at radius 1 is 1.10 bits per heavy atom. The van der Waals surface area contributed by atoms with Crippen LogP contribution in [0.25, 0.3) is 0 Å². The van der Waals surface area contributed by atoms with Crippen molar-refractivity contribution in [3.05, 3.63) is 80.5 Å². The van der Waals surface area contributed by atoms with Crippen LogP contribution in [-0.2, 0) is 11.3 Å². The standard InChI is InChI=1S/C21H20ClFN4O2/c1-12-4-5-15(22)10-18(12)26-19(28)11-27-20(29)9-14(3)24-21(27)25-16-6-7-17(23)13(2)8-16/h4-10H,11H2,1-3H3,(H,24,25)(H,26,28). The molecule has 29 heavy (non-hydrogen) atoms. The van der Waals surface area contributed by atoms with Gasteiger partial charge in [0.2, 0.25) is 11.9 Å². The summed E-state index contributed by atoms with van der Waals surface area (Å²) >= 11 is 5.99. The van der Waals surface area contributed by atoms with Crippen LogP contribution >= 0.6 is 11.6 Å². The number of halogens is 2. The van der Waals surface area contributed by atoms with E-state index in [-0.39, 0.29) is 23.9 Å². The van der Waals surface area contributed by atoms with Crippen LogP contribution in [0.2, 0.25) is 5.02 Å². The Morgan fingerprint density at radius 2 is 1.86 bits per heavy atom. The maximum atomic E-state index is 13.5. The normalized spacial score (nSPS) is 10.7. The Kier molecular flexibility index (Phi) is 5.98. The van der Waals surface area contributed by atoms with Crippen molar-refractivity contribution in [1.29, 1.82) is 0 Å². The first kappa shape index (κ1) is 20.5. The van der Waals surface area contributed by atoms with Crippen molar-refractivity contribution in [3.63, 3.8) is 0 Å². The van der Waals surface area contributed by atoms with Gasteiger partial charge >= 0.3 is 0 Å². The summed E-state index contributed by atoms with van der Waals surface area (Å²) < 4.78 is 14.7. The van der Waals surface area contributed by atoms with E-state index in [0.29, 0.717) is 27.7 Å². The molecule has 0 aliphatic heterocycles. The Morgan fingerprint density at radius 3 is 2.59 bits per heavy atom. The van der Waals surface area contributed by atoms with Crippen molar-refractivity contribution >= 4 is 34.8 Å². The van der Waals surface area contributed by atoms with E-state index in [1.165, 1.54) is 22.8 Å². The topological polar surface area (TPSA) is 76.0 Å². The molecule has 1 heterocycles. The molecule has 0 fully saturated rings. The van der Waals surface area contributed by atoms with Gasteiger partial charge in [-0.05, 0) is 62.2 Å². The van der Waals surface area contributed by atoms with Crippen molar-refractivity contribution in [1.82, 2.24) is 9.55 Å². The fourth-order valence-electron chi connectivity index (χ4n) is 2.78. The SMILES string of the molecule is Cc1cc(=O)n(CC(=O)Nc2cc(Cl)ccc2C)c(Nc2ccc(F)c(C)c2)n1. The number of nitrogens with zero attached hydrogens (tertiary/aromatic N) is 2. The first-order valence-electron chi connectivity index (χ1n) is 8.90. The maximum absolute atomic E-state index is 13.5. The minimum absolute atomic E-state index is 0.193. The molecule has 0 atom stereocenters. The molecule has 0 bridgehead atoms. The smallest absolute Gasteiger partial charge is 0.255 e. The third kappa shape index (κ3) is 5.00. The summed E-state index contributed by atoms with van der Waals surface area (Å²) in [4.78, 5) is 29.4. The quantitative estimate of drug-likeness (QED) is 0.651. The van der Waals surface area contributed by atoms with Crippen LogP contribution in [0.5, 0.6) is 0 Å². The number of benzene rings is 2. The van der Waals surface area contributed by atoms with Crippen LogP contribution < -0.4 is 16.2 Å². The van der Waals surface area contributed by atoms with E-state index in [0.717, 1.165) is 5.56 Å². The van der Waals surface area contributed by atoms with Gasteiger partial charge in [-0.15, -0.1) is 0 Å². The summed E-state index contributed by atoms with van der Waals surface area (Å²) in [5, 5.41) is 6.25. The summed E-state index contributed by atoms with van der Waals surface area (Å²) in [6, 6.07) is 11.0. The van der Waals surface area contributed by atoms with Crippen molar-refractivity contribution < 1.29 is 9.18 Å². The summed E-state index contributed by atoms with van der Waals surface area (Å²) in [5.74, 6) is -0.540. The number of hydrogen-bond acceptors (Lipinski definition) is 4. The lowest BCUT2D eigenvalue weighted by atomic mass is 10.2. The zero-order valence-electron chi connectivity index (χ0n) is 16.2. The molecule has 0 saturated heterocycles. The molecule has 0 unspecified atom stereocenters. The summed E-state index contributed by atoms with van der Waals surface area (Å²) in [5.41, 5.74) is 2.54. The summed E-state index contributed by atoms with van der Waals surface area (Å²) in [7, 11) is 0. The van der Waals surface area contributed by atoms with Crippen LogP contribution in [0.4, 0.5) is 21.7 Å². The van der Waals surface area contributed by atoms with Gasteiger partial charge in [0.1, 0.15) is 12.4 Å². The highest BCUT2D eigenvalue weighted by molar-refractivity contribution is 6.31. The van der Waals surface area contributed by atoms with Gasteiger partial charge < -0.3 is 10.6 Å². The van der Waals surface area contributed by atoms with E-state index < -0.39 is 5.91 Å². The third-order valence-corrected chi connectivity index (χ3v) is 4.56. The van der Waals surface area contributed by atoms with E-state index in [4.69, 9.17) is 11.6 Å². The van der Waals surface area contributed by atoms with E-state index >= 15 is 0 Å². The number of aryl methyl sites for hydroxylation is 3. The molecule has 8 heteroatoms. The zero-order chi connectivity index (χ0) is 21.1. The molecular formula is C21H20ClFN4O2. The molecule has 1 amide bonds. The number of anilines is 3. The number of hydrogen-bond donors (Lipinski definition) is 2. The average molecular weight is 415 g/mol. The van der Waals surface area contributed by atoms with Gasteiger partial charge in [0.25, 0.3) is 5.56 Å². The lowest BCUT2D eigenvalue weighted by Crippen LogP contribution is -2.30. The van der Waals surface area contributed by atoms with Crippen molar-refractivity contribution in [3.8, 4) is 0 Å². The highest BCUT2D eigenvalue weighted by Gasteiger charge is 2.13. The molecule has 3 rings (SSSR count). The summed E-state index contributed by atoms with van der Waals surface area (Å²) in [6.07, 6.45) is 0. The van der Waals surface area contributed by atoms with E-state index in [2.05, 4.69) is 15.6 Å². The highest BCUT2D eigenvalue weighted by atomic mass is 35.5. The molecule has 2 aromatic carbocycles. The van der Waals surface area contributed by atoms with E-state index in [1.54, 1.807) is 38.1 Å². The lowest BCUT2D eigenvalue weighted by Gasteiger charge is -2.15. The maximum Gasteiger partial charge on any atom is 0.255 e. The predicted molar refractivity (Wildman–Crippen MR) is 112 cm³/mol. The molecular weight excluding hydrogens is 395 g/mol. The minimum atomic E-state index is -0.401. The van der Waals surface area contributed by atoms with Gasteiger partial charge in [-0.1, -0.05) is 17.7 Å². The largest absolute Gasteiger partial charge is 0.326 e. The number of carbonyl (C=O) groups is 1. The second-order valence-electron chi connectivity index (χ2n) is 6.74. The molecule has 0 saturated carbocycles. The van der Waals surface area contributed by atoms with Gasteiger partial charge in [0, 0.05) is 28.2 Å². The summed E-state index contributed by atoms with van der Waals surface area (Å²) in [6.45, 7) is 4.91. The molecule has 3 aromatic rings. The monoisotopic (exact) mass is 414 g/mol. The number of rotatable bonds is 5. The zero-order valence-corrected chi connectivity index (χ0v) is 17.0. The van der Waals surface area contributed by atoms with Gasteiger partial charge in [-0.3, -0.25) is 14.2 Å². The number of amides is 1. The van der Waals surface area contributed by atoms with Gasteiger partial charge in [0.15, 0.2) is 0 Å². The van der Waals surface area contributed by atoms with Crippen LogP contribution in [0.1, 0.15) is 16.8 Å². The molecule has 2 N–H and O–H groups in total. The Bertz CT molecular complexity index is 1140. The van der Waals surface area contributed by atoms with Gasteiger partial charge in [-0.2, -0.15) is 0 Å². The molecule has 0 aliphatic carbocycles. The van der Waals surface area contributed by atoms with Crippen LogP contribution in [0.15, 0.2) is 47.3 Å². The van der Waals surface area contributed by atoms with E-state index in [1.807, 2.05) is 6.92 Å². The highest BCUT2D eigenvalue weighted by Crippen LogP contribution is 2.21. The fraction of sp³-hybridized carbons (Fsp3) is 0.190. The molecule has 6 nitrogen and oxygen atoms in total. The molecule has 0 aliphatic rings. The molecule has 0 radical (unpaired) electrons. The first-order chi connectivity index (χ1) is 13.7. The Labute approximate surface area is 172 Å². The second-order valence-corrected chi connectivity index (χ2v) is 7.18. The molecule has 150 valence electrons. The average Bonchev–Trinajstić information content (AvgIpc) is 2.64. The predicted octanol–water partition coefficient (Wildman–Crippen LogP) is 4.34. The van der Waals surface area contributed by atoms with Gasteiger partial charge in [0.05, 0.1) is 0 Å². The number of nitrogens with one attached hydrogen (secondary N) is 2. The van der Waals surface area contributed by atoms with Crippen LogP contribution in [0.3, 0.4) is 0 Å². The number of carbonyl (C=O) groups excluding carboxylic acids is 1. The Balaban J connectivity index is 1.88. The lowest BCUT2D eigenvalue weighted by molar-refractivity contribution is -0.116. The molecule has 0 spiro atoms. The number of aromatic nitrogens is 2. The van der Waals surface area contributed by atoms with Crippen molar-refractivity contribution in [2.75, 3.05) is 10.6 Å². The molecule has 1 aromatic heterocycles. The Hall–Kier alpha value is -3.19. The second kappa shape index (κ2) is 8.45. The third-order valence-electron chi connectivity index (χ3n) is 4.33. The van der Waals surface area contributed by atoms with E-state index in [9.17, 15) is 14.0 Å². The van der Waals surface area contributed by atoms with Gasteiger partial charge in [-0.25, -0.2) is 9.37 Å². The fourth-order valence-corrected chi connectivity index (χ4v) is 2.95. The first-order valence-corrected chi connectivity index (χ1v) is 9.28. The van der Waals surface area contributed by atoms with Crippen LogP contribution in [0, 0.1) is 26.6 Å².